The van der Waals surface area contributed by atoms with E-state index in [9.17, 15) is 15.0 Å². The summed E-state index contributed by atoms with van der Waals surface area (Å²) in [6, 6.07) is 26.6. The molecule has 10 rings (SSSR count). The first kappa shape index (κ1) is 28.7. The molecule has 244 valence electrons. The SMILES string of the molecule is O=C(NCCCn1c2c(c3ccc4ccccc4c31)C[C@@]1(CO)[C@H]3Cc4ccc(O)c5c4[C@@]1(CCN3CC1CC1)[C@H]2O5)c1ccccc1. The van der Waals surface area contributed by atoms with Gasteiger partial charge in [0.1, 0.15) is 6.10 Å². The summed E-state index contributed by atoms with van der Waals surface area (Å²) >= 11 is 0. The fraction of sp³-hybridized carbons (Fsp3) is 0.390. The smallest absolute Gasteiger partial charge is 0.251 e. The van der Waals surface area contributed by atoms with Gasteiger partial charge in [0.2, 0.25) is 0 Å². The number of hydrogen-bond acceptors (Lipinski definition) is 5. The number of aliphatic hydroxyl groups is 1. The van der Waals surface area contributed by atoms with Crippen molar-refractivity contribution in [3.63, 3.8) is 0 Å². The number of phenolic OH excluding ortho intramolecular Hbond substituents is 1. The molecular formula is C41H41N3O4. The highest BCUT2D eigenvalue weighted by atomic mass is 16.5. The van der Waals surface area contributed by atoms with Crippen molar-refractivity contribution in [2.45, 2.75) is 62.6 Å². The highest BCUT2D eigenvalue weighted by molar-refractivity contribution is 6.08. The van der Waals surface area contributed by atoms with Crippen molar-refractivity contribution >= 4 is 27.6 Å². The van der Waals surface area contributed by atoms with E-state index in [0.29, 0.717) is 24.4 Å². The standard InChI is InChI=1S/C41H41N3O4/c45-24-40-22-31-30-15-13-26-7-4-5-10-29(26)35(30)44(19-6-18-42-39(47)27-8-2-1-3-9-27)36(31)38-41(40)17-20-43(23-25-11-12-25)33(40)21-28-14-16-32(46)37(48-38)34(28)41/h1-5,7-10,13-16,25,33,38,45-46H,6,11-12,17-24H2,(H,42,47)/t33-,38+,40-,41+/m1/s1. The molecule has 1 saturated heterocycles. The third-order valence-corrected chi connectivity index (χ3v) is 12.7. The van der Waals surface area contributed by atoms with Crippen molar-refractivity contribution in [1.29, 1.82) is 0 Å². The fourth-order valence-corrected chi connectivity index (χ4v) is 10.5. The number of benzene rings is 4. The van der Waals surface area contributed by atoms with Crippen LogP contribution in [0.15, 0.2) is 78.9 Å². The van der Waals surface area contributed by atoms with E-state index in [1.807, 2.05) is 36.4 Å². The normalized spacial score (nSPS) is 26.7. The quantitative estimate of drug-likeness (QED) is 0.174. The first-order chi connectivity index (χ1) is 23.5. The molecule has 4 aromatic carbocycles. The highest BCUT2D eigenvalue weighted by Crippen LogP contribution is 2.72. The Balaban J connectivity index is 1.14. The first-order valence-corrected chi connectivity index (χ1v) is 17.8. The number of phenols is 1. The molecule has 5 aromatic rings. The number of aryl methyl sites for hydroxylation is 1. The molecule has 48 heavy (non-hydrogen) atoms. The second kappa shape index (κ2) is 10.3. The number of aromatic hydroxyl groups is 1. The van der Waals surface area contributed by atoms with Crippen molar-refractivity contribution in [2.75, 3.05) is 26.2 Å². The van der Waals surface area contributed by atoms with Crippen LogP contribution in [0.5, 0.6) is 11.5 Å². The summed E-state index contributed by atoms with van der Waals surface area (Å²) in [6.07, 6.45) is 5.56. The lowest BCUT2D eigenvalue weighted by Gasteiger charge is -2.65. The molecule has 3 heterocycles. The number of hydrogen-bond donors (Lipinski definition) is 3. The van der Waals surface area contributed by atoms with Crippen molar-refractivity contribution in [1.82, 2.24) is 14.8 Å². The van der Waals surface area contributed by atoms with E-state index in [1.165, 1.54) is 51.3 Å². The second-order valence-corrected chi connectivity index (χ2v) is 15.0. The van der Waals surface area contributed by atoms with Crippen molar-refractivity contribution in [2.24, 2.45) is 11.3 Å². The van der Waals surface area contributed by atoms with E-state index >= 15 is 0 Å². The zero-order chi connectivity index (χ0) is 32.2. The average Bonchev–Trinajstić information content (AvgIpc) is 3.79. The molecule has 4 atom stereocenters. The zero-order valence-electron chi connectivity index (χ0n) is 27.1. The maximum Gasteiger partial charge on any atom is 0.251 e. The van der Waals surface area contributed by atoms with Gasteiger partial charge >= 0.3 is 0 Å². The third-order valence-electron chi connectivity index (χ3n) is 12.7. The molecule has 5 aliphatic rings. The van der Waals surface area contributed by atoms with Gasteiger partial charge < -0.3 is 24.8 Å². The Morgan fingerprint density at radius 2 is 1.81 bits per heavy atom. The Labute approximate surface area is 280 Å². The van der Waals surface area contributed by atoms with Gasteiger partial charge in [0, 0.05) is 53.0 Å². The number of aromatic nitrogens is 1. The van der Waals surface area contributed by atoms with Gasteiger partial charge in [-0.1, -0.05) is 60.7 Å². The monoisotopic (exact) mass is 639 g/mol. The van der Waals surface area contributed by atoms with Crippen LogP contribution in [-0.4, -0.2) is 57.9 Å². The Morgan fingerprint density at radius 3 is 2.65 bits per heavy atom. The summed E-state index contributed by atoms with van der Waals surface area (Å²) < 4.78 is 9.58. The molecule has 7 heteroatoms. The number of amides is 1. The summed E-state index contributed by atoms with van der Waals surface area (Å²) in [4.78, 5) is 15.6. The van der Waals surface area contributed by atoms with Crippen LogP contribution < -0.4 is 10.1 Å². The Kier molecular flexibility index (Phi) is 6.17. The topological polar surface area (TPSA) is 87.0 Å². The lowest BCUT2D eigenvalue weighted by molar-refractivity contribution is -0.134. The average molecular weight is 640 g/mol. The minimum Gasteiger partial charge on any atom is -0.504 e. The maximum atomic E-state index is 12.9. The van der Waals surface area contributed by atoms with E-state index in [0.717, 1.165) is 50.3 Å². The number of fused-ring (bicyclic) bond motifs is 6. The lowest BCUT2D eigenvalue weighted by atomic mass is 9.43. The first-order valence-electron chi connectivity index (χ1n) is 17.8. The number of ether oxygens (including phenoxy) is 1. The van der Waals surface area contributed by atoms with Crippen LogP contribution in [0.25, 0.3) is 21.7 Å². The van der Waals surface area contributed by atoms with Gasteiger partial charge in [0.25, 0.3) is 5.91 Å². The minimum absolute atomic E-state index is 0.0594. The number of carbonyl (C=O) groups is 1. The van der Waals surface area contributed by atoms with E-state index in [2.05, 4.69) is 57.2 Å². The predicted molar refractivity (Wildman–Crippen MR) is 186 cm³/mol. The number of aliphatic hydroxyl groups excluding tert-OH is 1. The van der Waals surface area contributed by atoms with E-state index in [4.69, 9.17) is 4.74 Å². The van der Waals surface area contributed by atoms with E-state index in [-0.39, 0.29) is 30.4 Å². The summed E-state index contributed by atoms with van der Waals surface area (Å²) in [7, 11) is 0. The third kappa shape index (κ3) is 3.74. The molecule has 1 aromatic heterocycles. The van der Waals surface area contributed by atoms with E-state index in [1.54, 1.807) is 0 Å². The number of rotatable bonds is 8. The zero-order valence-corrected chi connectivity index (χ0v) is 27.1. The van der Waals surface area contributed by atoms with Gasteiger partial charge in [0.15, 0.2) is 11.5 Å². The summed E-state index contributed by atoms with van der Waals surface area (Å²) in [5, 5.41) is 29.9. The highest BCUT2D eigenvalue weighted by Gasteiger charge is 2.73. The molecule has 3 aliphatic carbocycles. The molecule has 0 unspecified atom stereocenters. The van der Waals surface area contributed by atoms with Gasteiger partial charge in [-0.2, -0.15) is 0 Å². The van der Waals surface area contributed by atoms with Crippen LogP contribution in [0.2, 0.25) is 0 Å². The Morgan fingerprint density at radius 1 is 0.979 bits per heavy atom. The molecule has 0 radical (unpaired) electrons. The molecule has 2 fully saturated rings. The molecule has 7 nitrogen and oxygen atoms in total. The predicted octanol–water partition coefficient (Wildman–Crippen LogP) is 6.27. The molecule has 2 bridgehead atoms. The Bertz CT molecular complexity index is 2120. The summed E-state index contributed by atoms with van der Waals surface area (Å²) in [5.74, 6) is 1.52. The molecule has 3 N–H and O–H groups in total. The van der Waals surface area contributed by atoms with Gasteiger partial charge in [0.05, 0.1) is 23.2 Å². The van der Waals surface area contributed by atoms with E-state index < -0.39 is 10.8 Å². The molecule has 1 spiro atoms. The van der Waals surface area contributed by atoms with Crippen LogP contribution in [0.4, 0.5) is 0 Å². The van der Waals surface area contributed by atoms with Crippen molar-refractivity contribution in [3.8, 4) is 11.5 Å². The van der Waals surface area contributed by atoms with Crippen LogP contribution in [0.1, 0.15) is 64.5 Å². The number of nitrogens with zero attached hydrogens (tertiary/aromatic N) is 2. The van der Waals surface area contributed by atoms with Gasteiger partial charge in [-0.15, -0.1) is 0 Å². The number of piperidine rings is 1. The second-order valence-electron chi connectivity index (χ2n) is 15.0. The van der Waals surface area contributed by atoms with Gasteiger partial charge in [-0.3, -0.25) is 9.69 Å². The maximum absolute atomic E-state index is 12.9. The molecule has 2 aliphatic heterocycles. The minimum atomic E-state index is -0.440. The van der Waals surface area contributed by atoms with Gasteiger partial charge in [-0.05, 0) is 85.7 Å². The van der Waals surface area contributed by atoms with Crippen molar-refractivity contribution in [3.05, 3.63) is 107 Å². The summed E-state index contributed by atoms with van der Waals surface area (Å²) in [6.45, 7) is 3.42. The van der Waals surface area contributed by atoms with Crippen LogP contribution in [-0.2, 0) is 24.8 Å². The number of nitrogens with one attached hydrogen (secondary N) is 1. The number of likely N-dealkylation sites (tertiary alicyclic amines) is 1. The summed E-state index contributed by atoms with van der Waals surface area (Å²) in [5.41, 5.74) is 5.85. The van der Waals surface area contributed by atoms with Crippen LogP contribution >= 0.6 is 0 Å². The van der Waals surface area contributed by atoms with Crippen LogP contribution in [0.3, 0.4) is 0 Å². The van der Waals surface area contributed by atoms with Crippen LogP contribution in [0, 0.1) is 11.3 Å². The molecule has 1 amide bonds. The lowest BCUT2D eigenvalue weighted by Crippen LogP contribution is -2.71. The Hall–Kier alpha value is -4.33. The molecular weight excluding hydrogens is 598 g/mol. The fourth-order valence-electron chi connectivity index (χ4n) is 10.5. The van der Waals surface area contributed by atoms with Gasteiger partial charge in [-0.25, -0.2) is 0 Å². The largest absolute Gasteiger partial charge is 0.504 e. The molecule has 1 saturated carbocycles. The number of carbonyl (C=O) groups excluding carboxylic acids is 1. The van der Waals surface area contributed by atoms with Crippen molar-refractivity contribution < 1.29 is 19.7 Å².